The Morgan fingerprint density at radius 3 is 2.32 bits per heavy atom. The zero-order valence-corrected chi connectivity index (χ0v) is 9.74. The fourth-order valence-corrected chi connectivity index (χ4v) is 2.13. The summed E-state index contributed by atoms with van der Waals surface area (Å²) in [6.07, 6.45) is -2.93. The van der Waals surface area contributed by atoms with Gasteiger partial charge in [-0.2, -0.15) is 13.2 Å². The number of fused-ring (bicyclic) bond motifs is 1. The summed E-state index contributed by atoms with van der Waals surface area (Å²) < 4.78 is 44.3. The monoisotopic (exact) mass is 262 g/mol. The molecular formula is C15H9F3O. The molecule has 0 aliphatic rings. The maximum atomic E-state index is 13.0. The Morgan fingerprint density at radius 1 is 0.842 bits per heavy atom. The van der Waals surface area contributed by atoms with Crippen molar-refractivity contribution in [1.29, 1.82) is 0 Å². The second kappa shape index (κ2) is 4.16. The van der Waals surface area contributed by atoms with Crippen molar-refractivity contribution in [2.24, 2.45) is 0 Å². The minimum absolute atomic E-state index is 0.0659. The minimum Gasteiger partial charge on any atom is -0.463 e. The highest BCUT2D eigenvalue weighted by Gasteiger charge is 2.34. The Labute approximate surface area is 107 Å². The fraction of sp³-hybridized carbons (Fsp3) is 0.0667. The normalized spacial score (nSPS) is 11.9. The molecule has 1 nitrogen and oxygen atoms in total. The van der Waals surface area contributed by atoms with E-state index in [9.17, 15) is 13.2 Å². The topological polar surface area (TPSA) is 13.1 Å². The first-order chi connectivity index (χ1) is 9.07. The van der Waals surface area contributed by atoms with E-state index in [-0.39, 0.29) is 11.3 Å². The molecule has 1 heterocycles. The van der Waals surface area contributed by atoms with E-state index in [0.717, 1.165) is 11.5 Å². The van der Waals surface area contributed by atoms with Crippen LogP contribution in [0.25, 0.3) is 22.1 Å². The zero-order valence-electron chi connectivity index (χ0n) is 9.74. The van der Waals surface area contributed by atoms with Gasteiger partial charge in [0, 0.05) is 16.3 Å². The first-order valence-corrected chi connectivity index (χ1v) is 5.70. The van der Waals surface area contributed by atoms with Crippen molar-refractivity contribution in [1.82, 2.24) is 0 Å². The molecule has 2 aromatic carbocycles. The van der Waals surface area contributed by atoms with E-state index in [1.54, 1.807) is 24.3 Å². The van der Waals surface area contributed by atoms with Crippen LogP contribution in [0, 0.1) is 0 Å². The molecule has 0 fully saturated rings. The summed E-state index contributed by atoms with van der Waals surface area (Å²) in [5.41, 5.74) is -0.619. The van der Waals surface area contributed by atoms with Crippen LogP contribution < -0.4 is 0 Å². The van der Waals surface area contributed by atoms with Crippen LogP contribution >= 0.6 is 0 Å². The van der Waals surface area contributed by atoms with Gasteiger partial charge in [0.1, 0.15) is 5.76 Å². The molecule has 4 heteroatoms. The van der Waals surface area contributed by atoms with Gasteiger partial charge in [-0.3, -0.25) is 0 Å². The van der Waals surface area contributed by atoms with Crippen LogP contribution in [0.3, 0.4) is 0 Å². The smallest absolute Gasteiger partial charge is 0.417 e. The average molecular weight is 262 g/mol. The predicted molar refractivity (Wildman–Crippen MR) is 66.7 cm³/mol. The van der Waals surface area contributed by atoms with Gasteiger partial charge in [0.25, 0.3) is 0 Å². The molecule has 0 spiro atoms. The lowest BCUT2D eigenvalue weighted by atomic mass is 10.0. The van der Waals surface area contributed by atoms with Crippen LogP contribution in [0.5, 0.6) is 0 Å². The summed E-state index contributed by atoms with van der Waals surface area (Å²) in [6, 6.07) is 12.6. The third kappa shape index (κ3) is 1.99. The van der Waals surface area contributed by atoms with Crippen molar-refractivity contribution < 1.29 is 17.6 Å². The van der Waals surface area contributed by atoms with E-state index in [0.29, 0.717) is 5.39 Å². The lowest BCUT2D eigenvalue weighted by molar-refractivity contribution is -0.137. The Morgan fingerprint density at radius 2 is 1.53 bits per heavy atom. The van der Waals surface area contributed by atoms with Crippen molar-refractivity contribution >= 4 is 10.8 Å². The zero-order chi connectivity index (χ0) is 13.5. The Bertz CT molecular complexity index is 725. The Balaban J connectivity index is 2.28. The number of benzene rings is 2. The Kier molecular flexibility index (Phi) is 2.59. The lowest BCUT2D eigenvalue weighted by Gasteiger charge is -2.11. The lowest BCUT2D eigenvalue weighted by Crippen LogP contribution is -2.06. The molecule has 3 aromatic rings. The van der Waals surface area contributed by atoms with Crippen LogP contribution in [-0.2, 0) is 6.18 Å². The van der Waals surface area contributed by atoms with Crippen molar-refractivity contribution in [3.05, 3.63) is 60.4 Å². The quantitative estimate of drug-likeness (QED) is 0.593. The second-order valence-electron chi connectivity index (χ2n) is 4.20. The van der Waals surface area contributed by atoms with Gasteiger partial charge in [-0.05, 0) is 6.07 Å². The molecule has 3 rings (SSSR count). The molecular weight excluding hydrogens is 253 g/mol. The molecule has 0 N–H and O–H groups in total. The molecule has 0 aliphatic carbocycles. The standard InChI is InChI=1S/C15H9F3O/c16-15(17,18)13-8-4-3-7-12(13)14-11-6-2-1-5-10(11)9-19-14/h1-9H. The van der Waals surface area contributed by atoms with E-state index in [4.69, 9.17) is 4.42 Å². The highest BCUT2D eigenvalue weighted by molar-refractivity contribution is 5.94. The van der Waals surface area contributed by atoms with Crippen LogP contribution in [0.1, 0.15) is 5.56 Å². The minimum atomic E-state index is -4.40. The van der Waals surface area contributed by atoms with Gasteiger partial charge in [0.05, 0.1) is 11.8 Å². The van der Waals surface area contributed by atoms with E-state index in [2.05, 4.69) is 0 Å². The summed E-state index contributed by atoms with van der Waals surface area (Å²) in [6.45, 7) is 0. The molecule has 0 unspecified atom stereocenters. The molecule has 0 amide bonds. The van der Waals surface area contributed by atoms with E-state index >= 15 is 0 Å². The maximum absolute atomic E-state index is 13.0. The molecule has 0 saturated carbocycles. The van der Waals surface area contributed by atoms with Gasteiger partial charge in [-0.1, -0.05) is 42.5 Å². The molecule has 1 aromatic heterocycles. The third-order valence-electron chi connectivity index (χ3n) is 2.99. The fourth-order valence-electron chi connectivity index (χ4n) is 2.13. The number of rotatable bonds is 1. The van der Waals surface area contributed by atoms with Gasteiger partial charge >= 0.3 is 6.18 Å². The van der Waals surface area contributed by atoms with Crippen LogP contribution in [0.2, 0.25) is 0 Å². The largest absolute Gasteiger partial charge is 0.463 e. The summed E-state index contributed by atoms with van der Waals surface area (Å²) in [4.78, 5) is 0. The molecule has 0 radical (unpaired) electrons. The van der Waals surface area contributed by atoms with Crippen molar-refractivity contribution in [3.63, 3.8) is 0 Å². The van der Waals surface area contributed by atoms with Crippen LogP contribution in [0.4, 0.5) is 13.2 Å². The average Bonchev–Trinajstić information content (AvgIpc) is 2.81. The summed E-state index contributed by atoms with van der Waals surface area (Å²) in [5, 5.41) is 1.47. The van der Waals surface area contributed by atoms with Gasteiger partial charge in [-0.25, -0.2) is 0 Å². The number of halogens is 3. The molecule has 0 saturated heterocycles. The summed E-state index contributed by atoms with van der Waals surface area (Å²) >= 11 is 0. The van der Waals surface area contributed by atoms with Crippen molar-refractivity contribution in [2.75, 3.05) is 0 Å². The van der Waals surface area contributed by atoms with Gasteiger partial charge in [0.2, 0.25) is 0 Å². The van der Waals surface area contributed by atoms with Crippen LogP contribution in [-0.4, -0.2) is 0 Å². The SMILES string of the molecule is FC(F)(F)c1ccccc1-c1occ2ccccc12. The predicted octanol–water partition coefficient (Wildman–Crippen LogP) is 5.12. The highest BCUT2D eigenvalue weighted by Crippen LogP contribution is 2.39. The van der Waals surface area contributed by atoms with Gasteiger partial charge in [-0.15, -0.1) is 0 Å². The number of hydrogen-bond acceptors (Lipinski definition) is 1. The van der Waals surface area contributed by atoms with E-state index in [1.165, 1.54) is 18.4 Å². The molecule has 0 atom stereocenters. The third-order valence-corrected chi connectivity index (χ3v) is 2.99. The Hall–Kier alpha value is -2.23. The molecule has 0 aliphatic heterocycles. The van der Waals surface area contributed by atoms with Crippen molar-refractivity contribution in [3.8, 4) is 11.3 Å². The van der Waals surface area contributed by atoms with Crippen molar-refractivity contribution in [2.45, 2.75) is 6.18 Å². The summed E-state index contributed by atoms with van der Waals surface area (Å²) in [5.74, 6) is 0.253. The first-order valence-electron chi connectivity index (χ1n) is 5.70. The highest BCUT2D eigenvalue weighted by atomic mass is 19.4. The first kappa shape index (κ1) is 11.8. The number of alkyl halides is 3. The number of furan rings is 1. The van der Waals surface area contributed by atoms with E-state index in [1.807, 2.05) is 6.07 Å². The molecule has 19 heavy (non-hydrogen) atoms. The summed E-state index contributed by atoms with van der Waals surface area (Å²) in [7, 11) is 0. The van der Waals surface area contributed by atoms with Gasteiger partial charge in [0.15, 0.2) is 0 Å². The second-order valence-corrected chi connectivity index (χ2v) is 4.20. The van der Waals surface area contributed by atoms with Crippen LogP contribution in [0.15, 0.2) is 59.2 Å². The maximum Gasteiger partial charge on any atom is 0.417 e. The van der Waals surface area contributed by atoms with Gasteiger partial charge < -0.3 is 4.42 Å². The number of hydrogen-bond donors (Lipinski definition) is 0. The molecule has 96 valence electrons. The molecule has 0 bridgehead atoms. The van der Waals surface area contributed by atoms with E-state index < -0.39 is 11.7 Å².